The lowest BCUT2D eigenvalue weighted by atomic mass is 10.1. The number of nitrogens with one attached hydrogen (secondary N) is 2. The van der Waals surface area contributed by atoms with Crippen LogP contribution in [0.4, 0.5) is 0 Å². The van der Waals surface area contributed by atoms with E-state index < -0.39 is 0 Å². The number of unbranched alkanes of at least 4 members (excludes halogenated alkanes) is 2. The maximum atomic E-state index is 5.76. The van der Waals surface area contributed by atoms with E-state index in [0.717, 1.165) is 51.7 Å². The Morgan fingerprint density at radius 1 is 1.08 bits per heavy atom. The van der Waals surface area contributed by atoms with Crippen molar-refractivity contribution in [3.8, 4) is 0 Å². The SMILES string of the molecule is CN=C(NCCCCCN1CCCCC1)NCCCOC1CCOC1. The van der Waals surface area contributed by atoms with Gasteiger partial charge in [-0.25, -0.2) is 0 Å². The van der Waals surface area contributed by atoms with E-state index in [1.54, 1.807) is 0 Å². The van der Waals surface area contributed by atoms with Crippen molar-refractivity contribution in [1.29, 1.82) is 0 Å². The van der Waals surface area contributed by atoms with Gasteiger partial charge in [0.1, 0.15) is 0 Å². The second-order valence-electron chi connectivity index (χ2n) is 7.10. The highest BCUT2D eigenvalue weighted by atomic mass is 16.5. The molecule has 2 fully saturated rings. The summed E-state index contributed by atoms with van der Waals surface area (Å²) in [7, 11) is 1.83. The summed E-state index contributed by atoms with van der Waals surface area (Å²) >= 11 is 0. The van der Waals surface area contributed by atoms with Crippen LogP contribution in [0.1, 0.15) is 51.4 Å². The third-order valence-corrected chi connectivity index (χ3v) is 4.97. The first-order valence-electron chi connectivity index (χ1n) is 10.2. The number of aliphatic imine (C=N–C) groups is 1. The number of piperidine rings is 1. The van der Waals surface area contributed by atoms with Crippen LogP contribution in [0, 0.1) is 0 Å². The summed E-state index contributed by atoms with van der Waals surface area (Å²) in [6.45, 7) is 8.18. The average molecular weight is 355 g/mol. The number of ether oxygens (including phenoxy) is 2. The van der Waals surface area contributed by atoms with E-state index in [9.17, 15) is 0 Å². The highest BCUT2D eigenvalue weighted by Gasteiger charge is 2.15. The molecule has 0 spiro atoms. The van der Waals surface area contributed by atoms with E-state index in [4.69, 9.17) is 9.47 Å². The molecule has 2 aliphatic rings. The lowest BCUT2D eigenvalue weighted by molar-refractivity contribution is 0.0420. The van der Waals surface area contributed by atoms with Gasteiger partial charge < -0.3 is 25.0 Å². The minimum atomic E-state index is 0.308. The summed E-state index contributed by atoms with van der Waals surface area (Å²) in [5.41, 5.74) is 0. The van der Waals surface area contributed by atoms with Gasteiger partial charge in [-0.2, -0.15) is 0 Å². The summed E-state index contributed by atoms with van der Waals surface area (Å²) in [6.07, 6.45) is 10.4. The Balaban J connectivity index is 1.38. The van der Waals surface area contributed by atoms with Gasteiger partial charge in [0.05, 0.1) is 12.7 Å². The molecule has 2 N–H and O–H groups in total. The zero-order chi connectivity index (χ0) is 17.6. The first kappa shape index (κ1) is 20.5. The van der Waals surface area contributed by atoms with Crippen molar-refractivity contribution in [2.75, 3.05) is 59.6 Å². The molecule has 6 nitrogen and oxygen atoms in total. The van der Waals surface area contributed by atoms with Crippen molar-refractivity contribution in [3.05, 3.63) is 0 Å². The number of guanidine groups is 1. The van der Waals surface area contributed by atoms with Crippen LogP contribution < -0.4 is 10.6 Å². The van der Waals surface area contributed by atoms with Crippen LogP contribution in [-0.4, -0.2) is 76.6 Å². The predicted molar refractivity (Wildman–Crippen MR) is 103 cm³/mol. The Labute approximate surface area is 153 Å². The Kier molecular flexibility index (Phi) is 10.9. The van der Waals surface area contributed by atoms with Gasteiger partial charge in [0.2, 0.25) is 0 Å². The van der Waals surface area contributed by atoms with Crippen LogP contribution in [-0.2, 0) is 9.47 Å². The summed E-state index contributed by atoms with van der Waals surface area (Å²) in [6, 6.07) is 0. The molecule has 0 aromatic carbocycles. The van der Waals surface area contributed by atoms with E-state index >= 15 is 0 Å². The molecule has 0 aromatic heterocycles. The van der Waals surface area contributed by atoms with Gasteiger partial charge in [-0.3, -0.25) is 4.99 Å². The Bertz CT molecular complexity index is 353. The van der Waals surface area contributed by atoms with E-state index in [1.165, 1.54) is 58.2 Å². The van der Waals surface area contributed by atoms with Crippen LogP contribution in [0.5, 0.6) is 0 Å². The molecule has 0 aromatic rings. The lowest BCUT2D eigenvalue weighted by Gasteiger charge is -2.26. The number of nitrogens with zero attached hydrogens (tertiary/aromatic N) is 2. The third-order valence-electron chi connectivity index (χ3n) is 4.97. The molecule has 0 aliphatic carbocycles. The monoisotopic (exact) mass is 354 g/mol. The number of likely N-dealkylation sites (tertiary alicyclic amines) is 1. The molecule has 0 radical (unpaired) electrons. The molecule has 1 unspecified atom stereocenters. The van der Waals surface area contributed by atoms with Gasteiger partial charge in [-0.15, -0.1) is 0 Å². The summed E-state index contributed by atoms with van der Waals surface area (Å²) < 4.78 is 11.1. The zero-order valence-corrected chi connectivity index (χ0v) is 16.1. The van der Waals surface area contributed by atoms with Crippen LogP contribution in [0.15, 0.2) is 4.99 Å². The molecule has 2 heterocycles. The Hall–Kier alpha value is -0.850. The fraction of sp³-hybridized carbons (Fsp3) is 0.947. The van der Waals surface area contributed by atoms with Crippen molar-refractivity contribution in [1.82, 2.24) is 15.5 Å². The number of hydrogen-bond acceptors (Lipinski definition) is 4. The highest BCUT2D eigenvalue weighted by molar-refractivity contribution is 5.79. The molecule has 0 bridgehead atoms. The van der Waals surface area contributed by atoms with Gasteiger partial charge >= 0.3 is 0 Å². The highest BCUT2D eigenvalue weighted by Crippen LogP contribution is 2.10. The summed E-state index contributed by atoms with van der Waals surface area (Å²) in [5.74, 6) is 0.903. The van der Waals surface area contributed by atoms with Gasteiger partial charge in [0, 0.05) is 33.4 Å². The second-order valence-corrected chi connectivity index (χ2v) is 7.10. The summed E-state index contributed by atoms with van der Waals surface area (Å²) in [5, 5.41) is 6.76. The molecule has 1 atom stereocenters. The van der Waals surface area contributed by atoms with Crippen LogP contribution in [0.2, 0.25) is 0 Å². The van der Waals surface area contributed by atoms with Crippen molar-refractivity contribution < 1.29 is 9.47 Å². The van der Waals surface area contributed by atoms with E-state index in [-0.39, 0.29) is 0 Å². The molecule has 2 rings (SSSR count). The Morgan fingerprint density at radius 3 is 2.60 bits per heavy atom. The molecular formula is C19H38N4O2. The van der Waals surface area contributed by atoms with Crippen molar-refractivity contribution in [2.24, 2.45) is 4.99 Å². The molecule has 0 saturated carbocycles. The van der Waals surface area contributed by atoms with Gasteiger partial charge in [0.25, 0.3) is 0 Å². The maximum Gasteiger partial charge on any atom is 0.190 e. The van der Waals surface area contributed by atoms with Gasteiger partial charge in [-0.1, -0.05) is 12.8 Å². The minimum Gasteiger partial charge on any atom is -0.379 e. The van der Waals surface area contributed by atoms with Crippen molar-refractivity contribution >= 4 is 5.96 Å². The zero-order valence-electron chi connectivity index (χ0n) is 16.1. The van der Waals surface area contributed by atoms with E-state index in [0.29, 0.717) is 6.10 Å². The van der Waals surface area contributed by atoms with Gasteiger partial charge in [-0.05, 0) is 58.2 Å². The third kappa shape index (κ3) is 9.42. The molecule has 146 valence electrons. The molecule has 2 aliphatic heterocycles. The molecule has 2 saturated heterocycles. The topological polar surface area (TPSA) is 58.1 Å². The van der Waals surface area contributed by atoms with Crippen LogP contribution in [0.25, 0.3) is 0 Å². The van der Waals surface area contributed by atoms with Gasteiger partial charge in [0.15, 0.2) is 5.96 Å². The first-order valence-corrected chi connectivity index (χ1v) is 10.2. The molecule has 6 heteroatoms. The van der Waals surface area contributed by atoms with E-state index in [2.05, 4.69) is 20.5 Å². The largest absolute Gasteiger partial charge is 0.379 e. The quantitative estimate of drug-likeness (QED) is 0.338. The lowest BCUT2D eigenvalue weighted by Crippen LogP contribution is -2.38. The average Bonchev–Trinajstić information content (AvgIpc) is 3.17. The van der Waals surface area contributed by atoms with Crippen molar-refractivity contribution in [3.63, 3.8) is 0 Å². The first-order chi connectivity index (χ1) is 12.4. The fourth-order valence-electron chi connectivity index (χ4n) is 3.42. The second kappa shape index (κ2) is 13.4. The number of hydrogen-bond donors (Lipinski definition) is 2. The van der Waals surface area contributed by atoms with Crippen molar-refractivity contribution in [2.45, 2.75) is 57.5 Å². The maximum absolute atomic E-state index is 5.76. The smallest absolute Gasteiger partial charge is 0.190 e. The fourth-order valence-corrected chi connectivity index (χ4v) is 3.42. The van der Waals surface area contributed by atoms with Crippen LogP contribution in [0.3, 0.4) is 0 Å². The van der Waals surface area contributed by atoms with Crippen LogP contribution >= 0.6 is 0 Å². The molecular weight excluding hydrogens is 316 g/mol. The normalized spacial score (nSPS) is 22.3. The van der Waals surface area contributed by atoms with E-state index in [1.807, 2.05) is 7.05 Å². The minimum absolute atomic E-state index is 0.308. The summed E-state index contributed by atoms with van der Waals surface area (Å²) in [4.78, 5) is 6.90. The standard InChI is InChI=1S/C19H38N4O2/c1-20-19(22-11-8-15-25-18-9-16-24-17-18)21-10-4-2-5-12-23-13-6-3-7-14-23/h18H,2-17H2,1H3,(H2,20,21,22). The molecule has 0 amide bonds. The number of rotatable bonds is 11. The predicted octanol–water partition coefficient (Wildman–Crippen LogP) is 2.00. The Morgan fingerprint density at radius 2 is 1.88 bits per heavy atom. The molecule has 25 heavy (non-hydrogen) atoms.